The monoisotopic (exact) mass is 289 g/mol. The molecule has 4 heteroatoms. The number of aryl methyl sites for hydroxylation is 1. The van der Waals surface area contributed by atoms with Gasteiger partial charge in [0.2, 0.25) is 0 Å². The van der Waals surface area contributed by atoms with Gasteiger partial charge in [-0.3, -0.25) is 4.79 Å². The minimum absolute atomic E-state index is 0.155. The van der Waals surface area contributed by atoms with Gasteiger partial charge in [-0.15, -0.1) is 0 Å². The summed E-state index contributed by atoms with van der Waals surface area (Å²) in [5.41, 5.74) is 1.64. The molecule has 2 aromatic rings. The van der Waals surface area contributed by atoms with Crippen molar-refractivity contribution in [2.45, 2.75) is 33.1 Å². The molecule has 1 amide bonds. The predicted molar refractivity (Wildman–Crippen MR) is 83.6 cm³/mol. The summed E-state index contributed by atoms with van der Waals surface area (Å²) in [6.07, 6.45) is 3.04. The molecule has 0 saturated heterocycles. The van der Waals surface area contributed by atoms with Crippen molar-refractivity contribution in [1.82, 2.24) is 5.32 Å². The predicted octanol–water partition coefficient (Wildman–Crippen LogP) is 3.68. The van der Waals surface area contributed by atoms with E-state index >= 15 is 0 Å². The quantitative estimate of drug-likeness (QED) is 0.754. The van der Waals surface area contributed by atoms with Gasteiger partial charge in [-0.2, -0.15) is 0 Å². The molecule has 0 aliphatic rings. The van der Waals surface area contributed by atoms with Crippen LogP contribution in [0.4, 0.5) is 0 Å². The summed E-state index contributed by atoms with van der Waals surface area (Å²) in [6, 6.07) is 7.69. The fourth-order valence-electron chi connectivity index (χ4n) is 2.20. The van der Waals surface area contributed by atoms with Crippen LogP contribution in [-0.2, 0) is 4.74 Å². The third-order valence-electron chi connectivity index (χ3n) is 3.44. The molecule has 114 valence electrons. The zero-order chi connectivity index (χ0) is 15.1. The van der Waals surface area contributed by atoms with Crippen LogP contribution >= 0.6 is 0 Å². The van der Waals surface area contributed by atoms with Crippen molar-refractivity contribution in [2.75, 3.05) is 19.8 Å². The van der Waals surface area contributed by atoms with E-state index in [2.05, 4.69) is 12.2 Å². The summed E-state index contributed by atoms with van der Waals surface area (Å²) in [5, 5.41) is 3.87. The number of para-hydroxylation sites is 1. The largest absolute Gasteiger partial charge is 0.451 e. The Labute approximate surface area is 125 Å². The van der Waals surface area contributed by atoms with Gasteiger partial charge in [-0.1, -0.05) is 31.5 Å². The second-order valence-electron chi connectivity index (χ2n) is 5.13. The molecule has 0 atom stereocenters. The number of hydrogen-bond acceptors (Lipinski definition) is 3. The highest BCUT2D eigenvalue weighted by molar-refractivity contribution is 5.98. The number of benzene rings is 1. The van der Waals surface area contributed by atoms with Gasteiger partial charge >= 0.3 is 0 Å². The lowest BCUT2D eigenvalue weighted by atomic mass is 10.1. The first-order valence-electron chi connectivity index (χ1n) is 7.58. The second-order valence-corrected chi connectivity index (χ2v) is 5.13. The van der Waals surface area contributed by atoms with Gasteiger partial charge in [-0.25, -0.2) is 0 Å². The lowest BCUT2D eigenvalue weighted by Gasteiger charge is -2.05. The normalized spacial score (nSPS) is 11.0. The standard InChI is InChI=1S/C17H23NO3/c1-3-4-11-20-12-7-10-18-17(19)16-13(2)14-8-5-6-9-15(14)21-16/h5-6,8-9H,3-4,7,10-12H2,1-2H3,(H,18,19). The van der Waals surface area contributed by atoms with Crippen LogP contribution in [0.15, 0.2) is 28.7 Å². The first kappa shape index (κ1) is 15.6. The number of nitrogens with one attached hydrogen (secondary N) is 1. The van der Waals surface area contributed by atoms with Crippen molar-refractivity contribution in [1.29, 1.82) is 0 Å². The molecule has 1 heterocycles. The van der Waals surface area contributed by atoms with Gasteiger partial charge in [-0.05, 0) is 25.8 Å². The molecule has 0 saturated carbocycles. The molecule has 0 bridgehead atoms. The zero-order valence-corrected chi connectivity index (χ0v) is 12.8. The Morgan fingerprint density at radius 2 is 2.00 bits per heavy atom. The van der Waals surface area contributed by atoms with Crippen molar-refractivity contribution >= 4 is 16.9 Å². The van der Waals surface area contributed by atoms with Gasteiger partial charge < -0.3 is 14.5 Å². The molecule has 1 N–H and O–H groups in total. The Balaban J connectivity index is 1.81. The highest BCUT2D eigenvalue weighted by atomic mass is 16.5. The van der Waals surface area contributed by atoms with E-state index in [0.717, 1.165) is 42.4 Å². The zero-order valence-electron chi connectivity index (χ0n) is 12.8. The van der Waals surface area contributed by atoms with Gasteiger partial charge in [0, 0.05) is 30.7 Å². The van der Waals surface area contributed by atoms with Crippen LogP contribution in [0.25, 0.3) is 11.0 Å². The number of rotatable bonds is 8. The number of amides is 1. The molecular formula is C17H23NO3. The first-order chi connectivity index (χ1) is 10.2. The fourth-order valence-corrected chi connectivity index (χ4v) is 2.20. The minimum atomic E-state index is -0.155. The Morgan fingerprint density at radius 3 is 2.76 bits per heavy atom. The van der Waals surface area contributed by atoms with E-state index in [9.17, 15) is 4.79 Å². The summed E-state index contributed by atoms with van der Waals surface area (Å²) >= 11 is 0. The van der Waals surface area contributed by atoms with Crippen molar-refractivity contribution < 1.29 is 13.9 Å². The van der Waals surface area contributed by atoms with E-state index in [1.165, 1.54) is 0 Å². The Morgan fingerprint density at radius 1 is 1.24 bits per heavy atom. The second kappa shape index (κ2) is 7.84. The molecule has 0 unspecified atom stereocenters. The maximum Gasteiger partial charge on any atom is 0.287 e. The van der Waals surface area contributed by atoms with Crippen LogP contribution < -0.4 is 5.32 Å². The van der Waals surface area contributed by atoms with Crippen LogP contribution in [0.5, 0.6) is 0 Å². The Hall–Kier alpha value is -1.81. The third-order valence-corrected chi connectivity index (χ3v) is 3.44. The molecular weight excluding hydrogens is 266 g/mol. The molecule has 0 radical (unpaired) electrons. The van der Waals surface area contributed by atoms with Crippen LogP contribution in [-0.4, -0.2) is 25.7 Å². The maximum atomic E-state index is 12.1. The van der Waals surface area contributed by atoms with Crippen LogP contribution in [0.3, 0.4) is 0 Å². The molecule has 1 aromatic heterocycles. The molecule has 1 aromatic carbocycles. The fraction of sp³-hybridized carbons (Fsp3) is 0.471. The molecule has 0 aliphatic heterocycles. The smallest absolute Gasteiger partial charge is 0.287 e. The number of carbonyl (C=O) groups excluding carboxylic acids is 1. The highest BCUT2D eigenvalue weighted by Gasteiger charge is 2.16. The van der Waals surface area contributed by atoms with Gasteiger partial charge in [0.15, 0.2) is 5.76 Å². The van der Waals surface area contributed by atoms with Crippen LogP contribution in [0.2, 0.25) is 0 Å². The SMILES string of the molecule is CCCCOCCCNC(=O)c1oc2ccccc2c1C. The lowest BCUT2D eigenvalue weighted by Crippen LogP contribution is -2.25. The van der Waals surface area contributed by atoms with Crippen LogP contribution in [0.1, 0.15) is 42.3 Å². The molecule has 0 aliphatic carbocycles. The third kappa shape index (κ3) is 4.08. The summed E-state index contributed by atoms with van der Waals surface area (Å²) in [7, 11) is 0. The van der Waals surface area contributed by atoms with Crippen molar-refractivity contribution in [3.8, 4) is 0 Å². The number of hydrogen-bond donors (Lipinski definition) is 1. The number of furan rings is 1. The number of fused-ring (bicyclic) bond motifs is 1. The van der Waals surface area contributed by atoms with E-state index in [-0.39, 0.29) is 5.91 Å². The number of carbonyl (C=O) groups is 1. The molecule has 0 spiro atoms. The van der Waals surface area contributed by atoms with Crippen molar-refractivity contribution in [2.24, 2.45) is 0 Å². The molecule has 2 rings (SSSR count). The molecule has 4 nitrogen and oxygen atoms in total. The summed E-state index contributed by atoms with van der Waals surface area (Å²) < 4.78 is 11.1. The van der Waals surface area contributed by atoms with Crippen LogP contribution in [0, 0.1) is 6.92 Å². The summed E-state index contributed by atoms with van der Waals surface area (Å²) in [5.74, 6) is 0.250. The topological polar surface area (TPSA) is 51.5 Å². The molecule has 0 fully saturated rings. The van der Waals surface area contributed by atoms with Crippen molar-refractivity contribution in [3.63, 3.8) is 0 Å². The van der Waals surface area contributed by atoms with Crippen molar-refractivity contribution in [3.05, 3.63) is 35.6 Å². The highest BCUT2D eigenvalue weighted by Crippen LogP contribution is 2.24. The van der Waals surface area contributed by atoms with E-state index in [0.29, 0.717) is 18.9 Å². The van der Waals surface area contributed by atoms with Gasteiger partial charge in [0.25, 0.3) is 5.91 Å². The lowest BCUT2D eigenvalue weighted by molar-refractivity contribution is 0.0914. The minimum Gasteiger partial charge on any atom is -0.451 e. The Kier molecular flexibility index (Phi) is 5.81. The summed E-state index contributed by atoms with van der Waals surface area (Å²) in [4.78, 5) is 12.1. The van der Waals surface area contributed by atoms with E-state index in [1.807, 2.05) is 31.2 Å². The number of unbranched alkanes of at least 4 members (excludes halogenated alkanes) is 1. The van der Waals surface area contributed by atoms with E-state index in [4.69, 9.17) is 9.15 Å². The van der Waals surface area contributed by atoms with E-state index < -0.39 is 0 Å². The summed E-state index contributed by atoms with van der Waals surface area (Å²) in [6.45, 7) is 6.13. The van der Waals surface area contributed by atoms with E-state index in [1.54, 1.807) is 0 Å². The van der Waals surface area contributed by atoms with Gasteiger partial charge in [0.1, 0.15) is 5.58 Å². The average molecular weight is 289 g/mol. The Bertz CT molecular complexity index is 589. The average Bonchev–Trinajstić information content (AvgIpc) is 2.84. The molecule has 21 heavy (non-hydrogen) atoms. The maximum absolute atomic E-state index is 12.1. The van der Waals surface area contributed by atoms with Gasteiger partial charge in [0.05, 0.1) is 0 Å². The number of ether oxygens (including phenoxy) is 1. The first-order valence-corrected chi connectivity index (χ1v) is 7.58.